The molecule has 0 bridgehead atoms. The molecule has 1 aliphatic heterocycles. The molecule has 2 heteroatoms. The van der Waals surface area contributed by atoms with Crippen molar-refractivity contribution in [3.05, 3.63) is 35.9 Å². The summed E-state index contributed by atoms with van der Waals surface area (Å²) in [5.41, 5.74) is 1.48. The number of piperazine rings is 1. The van der Waals surface area contributed by atoms with E-state index in [-0.39, 0.29) is 0 Å². The van der Waals surface area contributed by atoms with Crippen LogP contribution in [0, 0.1) is 0 Å². The highest BCUT2D eigenvalue weighted by atomic mass is 15.3. The van der Waals surface area contributed by atoms with Crippen molar-refractivity contribution < 1.29 is 0 Å². The summed E-state index contributed by atoms with van der Waals surface area (Å²) in [5.74, 6) is 0. The standard InChI is InChI=1S/C17H26N2/c1-14-13-19(16-9-5-6-10-16)17(12-18-14)11-15-7-3-2-4-8-15/h2-4,7-8,14,16-18H,5-6,9-13H2,1H3. The minimum Gasteiger partial charge on any atom is -0.311 e. The average molecular weight is 258 g/mol. The first-order chi connectivity index (χ1) is 9.33. The second kappa shape index (κ2) is 6.06. The van der Waals surface area contributed by atoms with Crippen molar-refractivity contribution >= 4 is 0 Å². The second-order valence-electron chi connectivity index (χ2n) is 6.29. The summed E-state index contributed by atoms with van der Waals surface area (Å²) in [7, 11) is 0. The van der Waals surface area contributed by atoms with Gasteiger partial charge in [-0.1, -0.05) is 43.2 Å². The summed E-state index contributed by atoms with van der Waals surface area (Å²) in [5, 5.41) is 3.66. The maximum Gasteiger partial charge on any atom is 0.0264 e. The van der Waals surface area contributed by atoms with Gasteiger partial charge >= 0.3 is 0 Å². The normalized spacial score (nSPS) is 29.7. The van der Waals surface area contributed by atoms with Crippen LogP contribution >= 0.6 is 0 Å². The van der Waals surface area contributed by atoms with Gasteiger partial charge in [0.05, 0.1) is 0 Å². The Labute approximate surface area is 117 Å². The third kappa shape index (κ3) is 3.18. The molecule has 104 valence electrons. The molecule has 19 heavy (non-hydrogen) atoms. The Morgan fingerprint density at radius 1 is 1.16 bits per heavy atom. The molecular formula is C17H26N2. The van der Waals surface area contributed by atoms with Crippen LogP contribution < -0.4 is 5.32 Å². The summed E-state index contributed by atoms with van der Waals surface area (Å²) in [4.78, 5) is 2.81. The van der Waals surface area contributed by atoms with Gasteiger partial charge < -0.3 is 5.32 Å². The first-order valence-corrected chi connectivity index (χ1v) is 7.86. The van der Waals surface area contributed by atoms with Crippen molar-refractivity contribution in [1.82, 2.24) is 10.2 Å². The lowest BCUT2D eigenvalue weighted by atomic mass is 9.98. The summed E-state index contributed by atoms with van der Waals surface area (Å²) in [6.45, 7) is 4.69. The molecule has 2 unspecified atom stereocenters. The van der Waals surface area contributed by atoms with Crippen LogP contribution in [0.2, 0.25) is 0 Å². The minimum absolute atomic E-state index is 0.646. The number of nitrogens with one attached hydrogen (secondary N) is 1. The molecule has 3 rings (SSSR count). The number of hydrogen-bond donors (Lipinski definition) is 1. The van der Waals surface area contributed by atoms with E-state index in [1.54, 1.807) is 0 Å². The van der Waals surface area contributed by atoms with Crippen molar-refractivity contribution in [2.45, 2.75) is 57.2 Å². The number of hydrogen-bond acceptors (Lipinski definition) is 2. The topological polar surface area (TPSA) is 15.3 Å². The Bertz CT molecular complexity index is 384. The lowest BCUT2D eigenvalue weighted by molar-refractivity contribution is 0.0874. The quantitative estimate of drug-likeness (QED) is 0.897. The van der Waals surface area contributed by atoms with Gasteiger partial charge in [0.2, 0.25) is 0 Å². The van der Waals surface area contributed by atoms with E-state index in [2.05, 4.69) is 47.5 Å². The van der Waals surface area contributed by atoms with E-state index in [1.807, 2.05) is 0 Å². The zero-order valence-corrected chi connectivity index (χ0v) is 12.0. The van der Waals surface area contributed by atoms with Crippen LogP contribution in [0.5, 0.6) is 0 Å². The lowest BCUT2D eigenvalue weighted by Gasteiger charge is -2.43. The largest absolute Gasteiger partial charge is 0.311 e. The van der Waals surface area contributed by atoms with E-state index in [1.165, 1.54) is 44.2 Å². The summed E-state index contributed by atoms with van der Waals surface area (Å²) < 4.78 is 0. The Hall–Kier alpha value is -0.860. The van der Waals surface area contributed by atoms with Gasteiger partial charge in [-0.3, -0.25) is 4.90 Å². The Balaban J connectivity index is 1.70. The third-order valence-electron chi connectivity index (χ3n) is 4.76. The summed E-state index contributed by atoms with van der Waals surface area (Å²) in [6, 6.07) is 13.1. The molecule has 2 fully saturated rings. The minimum atomic E-state index is 0.646. The van der Waals surface area contributed by atoms with Crippen molar-refractivity contribution in [1.29, 1.82) is 0 Å². The van der Waals surface area contributed by atoms with Crippen molar-refractivity contribution in [2.75, 3.05) is 13.1 Å². The number of nitrogens with zero attached hydrogens (tertiary/aromatic N) is 1. The van der Waals surface area contributed by atoms with Crippen LogP contribution in [0.15, 0.2) is 30.3 Å². The molecule has 1 aromatic rings. The monoisotopic (exact) mass is 258 g/mol. The predicted octanol–water partition coefficient (Wildman–Crippen LogP) is 2.83. The fraction of sp³-hybridized carbons (Fsp3) is 0.647. The maximum atomic E-state index is 3.66. The molecule has 1 saturated carbocycles. The van der Waals surface area contributed by atoms with E-state index in [4.69, 9.17) is 0 Å². The fourth-order valence-corrected chi connectivity index (χ4v) is 3.74. The van der Waals surface area contributed by atoms with Gasteiger partial charge in [-0.2, -0.15) is 0 Å². The molecule has 1 heterocycles. The first kappa shape index (κ1) is 13.1. The highest BCUT2D eigenvalue weighted by molar-refractivity contribution is 5.16. The Morgan fingerprint density at radius 3 is 2.63 bits per heavy atom. The zero-order valence-electron chi connectivity index (χ0n) is 12.0. The first-order valence-electron chi connectivity index (χ1n) is 7.86. The predicted molar refractivity (Wildman–Crippen MR) is 80.4 cm³/mol. The smallest absolute Gasteiger partial charge is 0.0264 e. The van der Waals surface area contributed by atoms with Gasteiger partial charge in [0, 0.05) is 31.2 Å². The van der Waals surface area contributed by atoms with Gasteiger partial charge in [0.25, 0.3) is 0 Å². The zero-order chi connectivity index (χ0) is 13.1. The van der Waals surface area contributed by atoms with Gasteiger partial charge in [-0.15, -0.1) is 0 Å². The SMILES string of the molecule is CC1CN(C2CCCC2)C(Cc2ccccc2)CN1. The molecule has 0 aromatic heterocycles. The van der Waals surface area contributed by atoms with Gasteiger partial charge in [0.1, 0.15) is 0 Å². The molecule has 2 aliphatic rings. The van der Waals surface area contributed by atoms with Crippen LogP contribution in [0.1, 0.15) is 38.2 Å². The van der Waals surface area contributed by atoms with Crippen LogP contribution in [-0.2, 0) is 6.42 Å². The molecule has 1 aliphatic carbocycles. The summed E-state index contributed by atoms with van der Waals surface area (Å²) >= 11 is 0. The van der Waals surface area contributed by atoms with E-state index >= 15 is 0 Å². The molecule has 2 nitrogen and oxygen atoms in total. The van der Waals surface area contributed by atoms with Crippen LogP contribution in [0.4, 0.5) is 0 Å². The molecule has 0 amide bonds. The highest BCUT2D eigenvalue weighted by Gasteiger charge is 2.32. The second-order valence-corrected chi connectivity index (χ2v) is 6.29. The van der Waals surface area contributed by atoms with Crippen molar-refractivity contribution in [2.24, 2.45) is 0 Å². The van der Waals surface area contributed by atoms with E-state index in [0.29, 0.717) is 12.1 Å². The van der Waals surface area contributed by atoms with E-state index < -0.39 is 0 Å². The summed E-state index contributed by atoms with van der Waals surface area (Å²) in [6.07, 6.45) is 6.88. The van der Waals surface area contributed by atoms with E-state index in [9.17, 15) is 0 Å². The van der Waals surface area contributed by atoms with E-state index in [0.717, 1.165) is 12.6 Å². The lowest BCUT2D eigenvalue weighted by Crippen LogP contribution is -2.58. The molecule has 2 atom stereocenters. The molecule has 0 spiro atoms. The van der Waals surface area contributed by atoms with Crippen LogP contribution in [-0.4, -0.2) is 36.1 Å². The van der Waals surface area contributed by atoms with Gasteiger partial charge in [-0.05, 0) is 31.7 Å². The maximum absolute atomic E-state index is 3.66. The Morgan fingerprint density at radius 2 is 1.89 bits per heavy atom. The Kier molecular flexibility index (Phi) is 4.19. The molecular weight excluding hydrogens is 232 g/mol. The third-order valence-corrected chi connectivity index (χ3v) is 4.76. The molecule has 0 radical (unpaired) electrons. The fourth-order valence-electron chi connectivity index (χ4n) is 3.74. The number of benzene rings is 1. The van der Waals surface area contributed by atoms with Gasteiger partial charge in [-0.25, -0.2) is 0 Å². The average Bonchev–Trinajstić information content (AvgIpc) is 2.96. The van der Waals surface area contributed by atoms with Crippen molar-refractivity contribution in [3.8, 4) is 0 Å². The van der Waals surface area contributed by atoms with Crippen LogP contribution in [0.25, 0.3) is 0 Å². The molecule has 1 saturated heterocycles. The van der Waals surface area contributed by atoms with Crippen LogP contribution in [0.3, 0.4) is 0 Å². The molecule has 1 N–H and O–H groups in total. The highest BCUT2D eigenvalue weighted by Crippen LogP contribution is 2.27. The van der Waals surface area contributed by atoms with Crippen molar-refractivity contribution in [3.63, 3.8) is 0 Å². The molecule has 1 aromatic carbocycles. The number of rotatable bonds is 3. The van der Waals surface area contributed by atoms with Gasteiger partial charge in [0.15, 0.2) is 0 Å².